The zero-order chi connectivity index (χ0) is 14.7. The van der Waals surface area contributed by atoms with Crippen molar-refractivity contribution in [1.29, 1.82) is 0 Å². The van der Waals surface area contributed by atoms with Gasteiger partial charge in [-0.3, -0.25) is 4.79 Å². The van der Waals surface area contributed by atoms with Crippen LogP contribution in [0.4, 0.5) is 0 Å². The Hall–Kier alpha value is -1.26. The fourth-order valence-corrected chi connectivity index (χ4v) is 2.51. The Kier molecular flexibility index (Phi) is 4.89. The number of amides is 1. The number of aliphatic hydroxyl groups excluding tert-OH is 1. The predicted octanol–water partition coefficient (Wildman–Crippen LogP) is 2.26. The van der Waals surface area contributed by atoms with Crippen LogP contribution in [0.2, 0.25) is 5.02 Å². The first-order valence-corrected chi connectivity index (χ1v) is 7.20. The van der Waals surface area contributed by atoms with E-state index >= 15 is 0 Å². The largest absolute Gasteiger partial charge is 0.483 e. The van der Waals surface area contributed by atoms with E-state index in [1.165, 1.54) is 0 Å². The van der Waals surface area contributed by atoms with Crippen LogP contribution in [-0.4, -0.2) is 41.7 Å². The molecule has 0 spiro atoms. The molecule has 1 heterocycles. The van der Waals surface area contributed by atoms with Gasteiger partial charge in [0.25, 0.3) is 5.91 Å². The van der Waals surface area contributed by atoms with Crippen LogP contribution >= 0.6 is 11.6 Å². The molecule has 0 saturated carbocycles. The molecule has 0 aromatic heterocycles. The molecule has 1 aromatic carbocycles. The molecule has 4 nitrogen and oxygen atoms in total. The van der Waals surface area contributed by atoms with Crippen LogP contribution in [0.1, 0.15) is 18.9 Å². The Morgan fingerprint density at radius 1 is 1.55 bits per heavy atom. The lowest BCUT2D eigenvalue weighted by molar-refractivity contribution is -0.137. The minimum Gasteiger partial charge on any atom is -0.483 e. The highest BCUT2D eigenvalue weighted by Gasteiger charge is 2.27. The highest BCUT2D eigenvalue weighted by Crippen LogP contribution is 2.22. The lowest BCUT2D eigenvalue weighted by atomic mass is 9.96. The number of benzene rings is 1. The third kappa shape index (κ3) is 3.64. The van der Waals surface area contributed by atoms with Gasteiger partial charge in [0.1, 0.15) is 5.75 Å². The van der Waals surface area contributed by atoms with E-state index in [0.717, 1.165) is 12.0 Å². The van der Waals surface area contributed by atoms with Crippen LogP contribution in [0.25, 0.3) is 0 Å². The fourth-order valence-electron chi connectivity index (χ4n) is 2.28. The van der Waals surface area contributed by atoms with E-state index in [1.807, 2.05) is 13.8 Å². The summed E-state index contributed by atoms with van der Waals surface area (Å²) >= 11 is 5.87. The first kappa shape index (κ1) is 15.1. The van der Waals surface area contributed by atoms with Crippen molar-refractivity contribution in [3.8, 4) is 5.75 Å². The average Bonchev–Trinajstić information content (AvgIpc) is 2.40. The van der Waals surface area contributed by atoms with Gasteiger partial charge in [0.15, 0.2) is 6.61 Å². The summed E-state index contributed by atoms with van der Waals surface area (Å²) in [4.78, 5) is 13.7. The first-order chi connectivity index (χ1) is 9.47. The second-order valence-electron chi connectivity index (χ2n) is 5.37. The second kappa shape index (κ2) is 6.46. The highest BCUT2D eigenvalue weighted by atomic mass is 35.5. The monoisotopic (exact) mass is 297 g/mol. The molecular weight excluding hydrogens is 278 g/mol. The number of carbonyl (C=O) groups is 1. The molecule has 0 bridgehead atoms. The van der Waals surface area contributed by atoms with Crippen molar-refractivity contribution in [2.75, 3.05) is 19.7 Å². The van der Waals surface area contributed by atoms with Gasteiger partial charge in [-0.25, -0.2) is 0 Å². The number of halogens is 1. The summed E-state index contributed by atoms with van der Waals surface area (Å²) in [5, 5.41) is 10.5. The molecule has 0 aliphatic carbocycles. The van der Waals surface area contributed by atoms with E-state index in [-0.39, 0.29) is 18.4 Å². The van der Waals surface area contributed by atoms with Crippen LogP contribution in [0.5, 0.6) is 5.75 Å². The SMILES string of the molecule is Cc1cc(Cl)ccc1OCC(=O)N1CCC(C)C(O)C1. The summed E-state index contributed by atoms with van der Waals surface area (Å²) in [6, 6.07) is 5.30. The summed E-state index contributed by atoms with van der Waals surface area (Å²) in [7, 11) is 0. The molecule has 0 radical (unpaired) electrons. The van der Waals surface area contributed by atoms with Gasteiger partial charge >= 0.3 is 0 Å². The minimum absolute atomic E-state index is 0.0103. The van der Waals surface area contributed by atoms with Crippen molar-refractivity contribution in [2.24, 2.45) is 5.92 Å². The Balaban J connectivity index is 1.89. The van der Waals surface area contributed by atoms with Crippen molar-refractivity contribution >= 4 is 17.5 Å². The molecule has 5 heteroatoms. The quantitative estimate of drug-likeness (QED) is 0.931. The van der Waals surface area contributed by atoms with Crippen molar-refractivity contribution < 1.29 is 14.6 Å². The normalized spacial score (nSPS) is 22.7. The number of rotatable bonds is 3. The van der Waals surface area contributed by atoms with Crippen LogP contribution < -0.4 is 4.74 Å². The average molecular weight is 298 g/mol. The molecule has 1 amide bonds. The molecule has 2 atom stereocenters. The van der Waals surface area contributed by atoms with E-state index in [9.17, 15) is 9.90 Å². The summed E-state index contributed by atoms with van der Waals surface area (Å²) in [5.41, 5.74) is 0.901. The van der Waals surface area contributed by atoms with E-state index < -0.39 is 6.10 Å². The molecule has 1 N–H and O–H groups in total. The fraction of sp³-hybridized carbons (Fsp3) is 0.533. The number of β-amino-alcohol motifs (C(OH)–C–C–N with tert-alkyl or cyclic N) is 1. The zero-order valence-electron chi connectivity index (χ0n) is 11.8. The Morgan fingerprint density at radius 2 is 2.30 bits per heavy atom. The third-order valence-corrected chi connectivity index (χ3v) is 3.99. The van der Waals surface area contributed by atoms with Crippen LogP contribution in [0.3, 0.4) is 0 Å². The van der Waals surface area contributed by atoms with Crippen molar-refractivity contribution in [3.05, 3.63) is 28.8 Å². The smallest absolute Gasteiger partial charge is 0.260 e. The summed E-state index contributed by atoms with van der Waals surface area (Å²) in [5.74, 6) is 0.817. The first-order valence-electron chi connectivity index (χ1n) is 6.82. The lowest BCUT2D eigenvalue weighted by Gasteiger charge is -2.34. The second-order valence-corrected chi connectivity index (χ2v) is 5.81. The molecule has 2 unspecified atom stereocenters. The predicted molar refractivity (Wildman–Crippen MR) is 78.1 cm³/mol. The van der Waals surface area contributed by atoms with E-state index in [4.69, 9.17) is 16.3 Å². The molecule has 2 rings (SSSR count). The van der Waals surface area contributed by atoms with Gasteiger partial charge in [0.05, 0.1) is 6.10 Å². The number of aliphatic hydroxyl groups is 1. The molecular formula is C15H20ClNO3. The van der Waals surface area contributed by atoms with Gasteiger partial charge < -0.3 is 14.7 Å². The number of hydrogen-bond donors (Lipinski definition) is 1. The molecule has 1 aromatic rings. The summed E-state index contributed by atoms with van der Waals surface area (Å²) in [6.45, 7) is 4.95. The van der Waals surface area contributed by atoms with Gasteiger partial charge in [0.2, 0.25) is 0 Å². The van der Waals surface area contributed by atoms with E-state index in [0.29, 0.717) is 23.9 Å². The zero-order valence-corrected chi connectivity index (χ0v) is 12.6. The number of piperidine rings is 1. The van der Waals surface area contributed by atoms with E-state index in [2.05, 4.69) is 0 Å². The lowest BCUT2D eigenvalue weighted by Crippen LogP contribution is -2.47. The number of aryl methyl sites for hydroxylation is 1. The molecule has 1 aliphatic heterocycles. The number of ether oxygens (including phenoxy) is 1. The van der Waals surface area contributed by atoms with Gasteiger partial charge in [0, 0.05) is 18.1 Å². The Morgan fingerprint density at radius 3 is 2.95 bits per heavy atom. The molecule has 1 aliphatic rings. The topological polar surface area (TPSA) is 49.8 Å². The van der Waals surface area contributed by atoms with E-state index in [1.54, 1.807) is 23.1 Å². The number of nitrogens with zero attached hydrogens (tertiary/aromatic N) is 1. The third-order valence-electron chi connectivity index (χ3n) is 3.76. The number of hydrogen-bond acceptors (Lipinski definition) is 3. The van der Waals surface area contributed by atoms with Crippen molar-refractivity contribution in [2.45, 2.75) is 26.4 Å². The number of likely N-dealkylation sites (tertiary alicyclic amines) is 1. The van der Waals surface area contributed by atoms with Gasteiger partial charge in [-0.2, -0.15) is 0 Å². The maximum Gasteiger partial charge on any atom is 0.260 e. The standard InChI is InChI=1S/C15H20ClNO3/c1-10-5-6-17(8-13(10)18)15(19)9-20-14-4-3-12(16)7-11(14)2/h3-4,7,10,13,18H,5-6,8-9H2,1-2H3. The van der Waals surface area contributed by atoms with Crippen molar-refractivity contribution in [3.63, 3.8) is 0 Å². The molecule has 1 saturated heterocycles. The van der Waals surface area contributed by atoms with Gasteiger partial charge in [-0.15, -0.1) is 0 Å². The highest BCUT2D eigenvalue weighted by molar-refractivity contribution is 6.30. The van der Waals surface area contributed by atoms with Gasteiger partial charge in [-0.05, 0) is 43.0 Å². The van der Waals surface area contributed by atoms with Crippen molar-refractivity contribution in [1.82, 2.24) is 4.90 Å². The molecule has 110 valence electrons. The minimum atomic E-state index is -0.440. The van der Waals surface area contributed by atoms with Crippen LogP contribution in [0, 0.1) is 12.8 Å². The Bertz CT molecular complexity index is 492. The van der Waals surface area contributed by atoms with Crippen LogP contribution in [-0.2, 0) is 4.79 Å². The molecule has 20 heavy (non-hydrogen) atoms. The van der Waals surface area contributed by atoms with Crippen LogP contribution in [0.15, 0.2) is 18.2 Å². The summed E-state index contributed by atoms with van der Waals surface area (Å²) < 4.78 is 5.54. The Labute approximate surface area is 124 Å². The summed E-state index contributed by atoms with van der Waals surface area (Å²) in [6.07, 6.45) is 0.386. The molecule has 1 fully saturated rings. The maximum absolute atomic E-state index is 12.1. The number of carbonyl (C=O) groups excluding carboxylic acids is 1. The van der Waals surface area contributed by atoms with Gasteiger partial charge in [-0.1, -0.05) is 18.5 Å². The maximum atomic E-state index is 12.1.